The van der Waals surface area contributed by atoms with E-state index in [0.717, 1.165) is 8.95 Å². The van der Waals surface area contributed by atoms with Crippen molar-refractivity contribution >= 4 is 31.9 Å². The number of halogens is 2. The Hall–Kier alpha value is -3.72. The first-order chi connectivity index (χ1) is 21.1. The summed E-state index contributed by atoms with van der Waals surface area (Å²) in [6, 6.07) is 45.1. The van der Waals surface area contributed by atoms with Gasteiger partial charge in [-0.15, -0.1) is 0 Å². The van der Waals surface area contributed by atoms with Crippen LogP contribution in [0, 0.1) is 0 Å². The Morgan fingerprint density at radius 2 is 0.636 bits per heavy atom. The van der Waals surface area contributed by atoms with Crippen LogP contribution in [0.25, 0.3) is 55.6 Å². The molecule has 214 valence electrons. The van der Waals surface area contributed by atoms with Gasteiger partial charge in [0.2, 0.25) is 0 Å². The highest BCUT2D eigenvalue weighted by Crippen LogP contribution is 2.53. The second kappa shape index (κ2) is 9.89. The van der Waals surface area contributed by atoms with E-state index in [2.05, 4.69) is 181 Å². The molecule has 0 nitrogen and oxygen atoms in total. The van der Waals surface area contributed by atoms with E-state index in [1.165, 1.54) is 77.9 Å². The Labute approximate surface area is 277 Å². The van der Waals surface area contributed by atoms with Crippen LogP contribution in [0.4, 0.5) is 0 Å². The van der Waals surface area contributed by atoms with Crippen LogP contribution < -0.4 is 0 Å². The topological polar surface area (TPSA) is 0 Å². The molecule has 0 aromatic heterocycles. The molecule has 0 unspecified atom stereocenters. The van der Waals surface area contributed by atoms with Gasteiger partial charge >= 0.3 is 0 Å². The van der Waals surface area contributed by atoms with Crippen molar-refractivity contribution in [3.8, 4) is 55.6 Å². The van der Waals surface area contributed by atoms with Gasteiger partial charge in [-0.25, -0.2) is 0 Å². The lowest BCUT2D eigenvalue weighted by molar-refractivity contribution is 0.660. The van der Waals surface area contributed by atoms with Crippen LogP contribution in [0.1, 0.15) is 49.9 Å². The zero-order chi connectivity index (χ0) is 30.4. The van der Waals surface area contributed by atoms with Crippen molar-refractivity contribution in [2.24, 2.45) is 0 Å². The Balaban J connectivity index is 1.18. The third-order valence-corrected chi connectivity index (χ3v) is 11.4. The Bertz CT molecular complexity index is 1990. The van der Waals surface area contributed by atoms with E-state index in [1.807, 2.05) is 0 Å². The molecule has 0 saturated carbocycles. The summed E-state index contributed by atoms with van der Waals surface area (Å²) < 4.78 is 2.25. The van der Waals surface area contributed by atoms with Gasteiger partial charge in [-0.2, -0.15) is 0 Å². The van der Waals surface area contributed by atoms with Gasteiger partial charge in [0.25, 0.3) is 0 Å². The SMILES string of the molecule is CC1(C)c2cc(-c3ccc4c(c3)C(C)(C)c3cc(-c5ccccc5Br)ccc3-4)ccc2-c2ccc(-c3ccccc3Br)cc21. The number of fused-ring (bicyclic) bond motifs is 6. The van der Waals surface area contributed by atoms with E-state index < -0.39 is 0 Å². The first kappa shape index (κ1) is 27.8. The quantitative estimate of drug-likeness (QED) is 0.173. The number of rotatable bonds is 3. The van der Waals surface area contributed by atoms with E-state index in [9.17, 15) is 0 Å². The van der Waals surface area contributed by atoms with Gasteiger partial charge in [0.15, 0.2) is 0 Å². The van der Waals surface area contributed by atoms with Crippen LogP contribution in [0.2, 0.25) is 0 Å². The highest BCUT2D eigenvalue weighted by atomic mass is 79.9. The number of hydrogen-bond donors (Lipinski definition) is 0. The average Bonchev–Trinajstić information content (AvgIpc) is 3.39. The summed E-state index contributed by atoms with van der Waals surface area (Å²) in [5, 5.41) is 0. The van der Waals surface area contributed by atoms with E-state index in [-0.39, 0.29) is 10.8 Å². The maximum Gasteiger partial charge on any atom is 0.0253 e. The molecule has 2 aliphatic carbocycles. The van der Waals surface area contributed by atoms with Crippen molar-refractivity contribution in [3.05, 3.63) is 153 Å². The van der Waals surface area contributed by atoms with Crippen LogP contribution >= 0.6 is 31.9 Å². The van der Waals surface area contributed by atoms with E-state index in [0.29, 0.717) is 0 Å². The summed E-state index contributed by atoms with van der Waals surface area (Å²) in [6.07, 6.45) is 0. The van der Waals surface area contributed by atoms with Crippen LogP contribution in [0.15, 0.2) is 130 Å². The molecule has 0 aliphatic heterocycles. The summed E-state index contributed by atoms with van der Waals surface area (Å²) in [5.41, 5.74) is 18.3. The molecule has 0 atom stereocenters. The minimum absolute atomic E-state index is 0.0910. The maximum absolute atomic E-state index is 3.76. The number of benzene rings is 6. The normalized spacial score (nSPS) is 15.0. The molecule has 0 N–H and O–H groups in total. The predicted molar refractivity (Wildman–Crippen MR) is 193 cm³/mol. The molecule has 8 rings (SSSR count). The van der Waals surface area contributed by atoms with Gasteiger partial charge in [-0.05, 0) is 114 Å². The lowest BCUT2D eigenvalue weighted by Crippen LogP contribution is -2.15. The van der Waals surface area contributed by atoms with Gasteiger partial charge in [-0.3, -0.25) is 0 Å². The zero-order valence-electron chi connectivity index (χ0n) is 25.3. The van der Waals surface area contributed by atoms with Gasteiger partial charge in [0.1, 0.15) is 0 Å². The maximum atomic E-state index is 3.76. The Morgan fingerprint density at radius 1 is 0.341 bits per heavy atom. The standard InChI is InChI=1S/C42H32Br2/c1-41(2)35-21-25(13-17-31(35)33-19-15-27(23-37(33)41)29-9-5-7-11-39(29)43)26-14-18-32-34-20-16-28(30-10-6-8-12-40(30)44)24-38(34)42(3,4)36(32)22-26/h5-24H,1-4H3. The zero-order valence-corrected chi connectivity index (χ0v) is 28.5. The van der Waals surface area contributed by atoms with Crippen LogP contribution in [0.3, 0.4) is 0 Å². The van der Waals surface area contributed by atoms with Crippen molar-refractivity contribution in [2.75, 3.05) is 0 Å². The second-order valence-corrected chi connectivity index (χ2v) is 15.0. The highest BCUT2D eigenvalue weighted by molar-refractivity contribution is 9.11. The second-order valence-electron chi connectivity index (χ2n) is 13.3. The monoisotopic (exact) mass is 694 g/mol. The third kappa shape index (κ3) is 4.07. The molecule has 0 heterocycles. The van der Waals surface area contributed by atoms with E-state index in [4.69, 9.17) is 0 Å². The fourth-order valence-electron chi connectivity index (χ4n) is 7.56. The number of hydrogen-bond acceptors (Lipinski definition) is 0. The average molecular weight is 697 g/mol. The van der Waals surface area contributed by atoms with E-state index >= 15 is 0 Å². The summed E-state index contributed by atoms with van der Waals surface area (Å²) in [5.74, 6) is 0. The summed E-state index contributed by atoms with van der Waals surface area (Å²) >= 11 is 7.52. The molecule has 44 heavy (non-hydrogen) atoms. The fourth-order valence-corrected chi connectivity index (χ4v) is 8.59. The van der Waals surface area contributed by atoms with Gasteiger partial charge in [-0.1, -0.05) is 144 Å². The van der Waals surface area contributed by atoms with Crippen LogP contribution in [0.5, 0.6) is 0 Å². The van der Waals surface area contributed by atoms with Crippen molar-refractivity contribution in [3.63, 3.8) is 0 Å². The van der Waals surface area contributed by atoms with Crippen LogP contribution in [-0.2, 0) is 10.8 Å². The summed E-state index contributed by atoms with van der Waals surface area (Å²) in [6.45, 7) is 9.49. The highest BCUT2D eigenvalue weighted by Gasteiger charge is 2.38. The molecular formula is C42H32Br2. The lowest BCUT2D eigenvalue weighted by Gasteiger charge is -2.24. The minimum atomic E-state index is -0.0910. The van der Waals surface area contributed by atoms with Crippen molar-refractivity contribution in [1.82, 2.24) is 0 Å². The first-order valence-corrected chi connectivity index (χ1v) is 16.8. The molecular weight excluding hydrogens is 664 g/mol. The lowest BCUT2D eigenvalue weighted by atomic mass is 9.79. The summed E-state index contributed by atoms with van der Waals surface area (Å²) in [7, 11) is 0. The molecule has 0 radical (unpaired) electrons. The largest absolute Gasteiger partial charge is 0.0616 e. The van der Waals surface area contributed by atoms with Gasteiger partial charge < -0.3 is 0 Å². The molecule has 2 aliphatic rings. The van der Waals surface area contributed by atoms with Crippen molar-refractivity contribution in [1.29, 1.82) is 0 Å². The molecule has 0 saturated heterocycles. The minimum Gasteiger partial charge on any atom is -0.0616 e. The van der Waals surface area contributed by atoms with Crippen molar-refractivity contribution in [2.45, 2.75) is 38.5 Å². The Kier molecular flexibility index (Phi) is 6.25. The molecule has 0 amide bonds. The molecule has 2 heteroatoms. The summed E-state index contributed by atoms with van der Waals surface area (Å²) in [4.78, 5) is 0. The smallest absolute Gasteiger partial charge is 0.0253 e. The van der Waals surface area contributed by atoms with Crippen LogP contribution in [-0.4, -0.2) is 0 Å². The first-order valence-electron chi connectivity index (χ1n) is 15.2. The molecule has 6 aromatic carbocycles. The third-order valence-electron chi connectivity index (χ3n) is 10.1. The van der Waals surface area contributed by atoms with Crippen molar-refractivity contribution < 1.29 is 0 Å². The predicted octanol–water partition coefficient (Wildman–Crippen LogP) is 12.8. The molecule has 0 fully saturated rings. The fraction of sp³-hybridized carbons (Fsp3) is 0.143. The molecule has 0 spiro atoms. The Morgan fingerprint density at radius 3 is 0.977 bits per heavy atom. The molecule has 6 aromatic rings. The van der Waals surface area contributed by atoms with E-state index in [1.54, 1.807) is 0 Å². The molecule has 0 bridgehead atoms. The van der Waals surface area contributed by atoms with Gasteiger partial charge in [0.05, 0.1) is 0 Å². The van der Waals surface area contributed by atoms with Gasteiger partial charge in [0, 0.05) is 19.8 Å².